The van der Waals surface area contributed by atoms with Crippen LogP contribution in [0.3, 0.4) is 0 Å². The molecular formula is C79H153NO5. The van der Waals surface area contributed by atoms with E-state index < -0.39 is 12.1 Å². The van der Waals surface area contributed by atoms with Crippen LogP contribution in [-0.2, 0) is 14.3 Å². The van der Waals surface area contributed by atoms with E-state index >= 15 is 0 Å². The second kappa shape index (κ2) is 74.8. The first kappa shape index (κ1) is 83.3. The van der Waals surface area contributed by atoms with E-state index in [9.17, 15) is 19.8 Å². The molecule has 0 aliphatic carbocycles. The van der Waals surface area contributed by atoms with E-state index in [4.69, 9.17) is 4.74 Å². The standard InChI is InChI=1S/C79H153NO5/c1-3-5-7-9-11-13-15-17-19-21-23-24-25-29-32-36-39-43-47-51-55-59-63-67-71-77(82)76(75-81)80-78(83)72-68-64-60-56-52-48-44-40-37-33-30-27-26-28-31-34-38-42-46-50-54-58-62-66-70-74-85-79(84)73-69-65-61-57-53-49-45-41-35-22-20-18-16-14-12-10-8-6-4-2/h12,14,18,20,76-77,81-82H,3-11,13,15-17,19,21-75H2,1-2H3,(H,80,83)/b14-12-,20-18-. The molecule has 6 heteroatoms. The second-order valence-corrected chi connectivity index (χ2v) is 27.0. The van der Waals surface area contributed by atoms with Gasteiger partial charge in [-0.2, -0.15) is 0 Å². The van der Waals surface area contributed by atoms with Crippen LogP contribution in [0.5, 0.6) is 0 Å². The molecule has 0 aliphatic heterocycles. The number of rotatable bonds is 74. The Bertz CT molecular complexity index is 1330. The summed E-state index contributed by atoms with van der Waals surface area (Å²) in [6.45, 7) is 4.98. The molecule has 0 spiro atoms. The van der Waals surface area contributed by atoms with Gasteiger partial charge in [-0.15, -0.1) is 0 Å². The minimum absolute atomic E-state index is 0.0139. The molecule has 6 nitrogen and oxygen atoms in total. The highest BCUT2D eigenvalue weighted by atomic mass is 16.5. The van der Waals surface area contributed by atoms with Crippen molar-refractivity contribution < 1.29 is 24.5 Å². The van der Waals surface area contributed by atoms with Crippen molar-refractivity contribution in [1.29, 1.82) is 0 Å². The Morgan fingerprint density at radius 2 is 0.588 bits per heavy atom. The Kier molecular flexibility index (Phi) is 73.3. The van der Waals surface area contributed by atoms with E-state index in [2.05, 4.69) is 43.5 Å². The first-order valence-corrected chi connectivity index (χ1v) is 39.1. The molecule has 0 aliphatic rings. The SMILES string of the molecule is CCCCC/C=C\C/C=C\CCCCCCCCCCCC(=O)OCCCCCCCCCCCCCCCCCCCCCCCCCCCC(=O)NC(CO)C(O)CCCCCCCCCCCCCCCCCCCCCCCCCC. The molecule has 0 heterocycles. The number of amides is 1. The van der Waals surface area contributed by atoms with Crippen LogP contribution in [0.1, 0.15) is 444 Å². The largest absolute Gasteiger partial charge is 0.466 e. The van der Waals surface area contributed by atoms with Gasteiger partial charge in [0.1, 0.15) is 0 Å². The maximum Gasteiger partial charge on any atom is 0.305 e. The predicted molar refractivity (Wildman–Crippen MR) is 375 cm³/mol. The Morgan fingerprint density at radius 1 is 0.329 bits per heavy atom. The number of ether oxygens (including phenoxy) is 1. The van der Waals surface area contributed by atoms with E-state index in [1.165, 1.54) is 360 Å². The third-order valence-electron chi connectivity index (χ3n) is 18.5. The van der Waals surface area contributed by atoms with Crippen LogP contribution in [0, 0.1) is 0 Å². The van der Waals surface area contributed by atoms with E-state index in [1.54, 1.807) is 0 Å². The number of aliphatic hydroxyl groups excluding tert-OH is 2. The fraction of sp³-hybridized carbons (Fsp3) is 0.924. The molecule has 0 rings (SSSR count). The summed E-state index contributed by atoms with van der Waals surface area (Å²) in [6.07, 6.45) is 95.4. The number of allylic oxidation sites excluding steroid dienone is 4. The van der Waals surface area contributed by atoms with Crippen molar-refractivity contribution in [3.8, 4) is 0 Å². The number of hydrogen-bond acceptors (Lipinski definition) is 5. The third-order valence-corrected chi connectivity index (χ3v) is 18.5. The van der Waals surface area contributed by atoms with Crippen molar-refractivity contribution in [1.82, 2.24) is 5.32 Å². The molecule has 2 unspecified atom stereocenters. The highest BCUT2D eigenvalue weighted by Crippen LogP contribution is 2.20. The number of esters is 1. The van der Waals surface area contributed by atoms with Gasteiger partial charge >= 0.3 is 5.97 Å². The van der Waals surface area contributed by atoms with Crippen molar-refractivity contribution in [2.24, 2.45) is 0 Å². The summed E-state index contributed by atoms with van der Waals surface area (Å²) in [6, 6.07) is -0.542. The molecule has 504 valence electrons. The van der Waals surface area contributed by atoms with Gasteiger partial charge in [0.25, 0.3) is 0 Å². The number of aliphatic hydroxyl groups is 2. The molecule has 85 heavy (non-hydrogen) atoms. The summed E-state index contributed by atoms with van der Waals surface area (Å²) < 4.78 is 5.51. The number of hydrogen-bond donors (Lipinski definition) is 3. The highest BCUT2D eigenvalue weighted by molar-refractivity contribution is 5.76. The summed E-state index contributed by atoms with van der Waals surface area (Å²) in [5, 5.41) is 23.5. The Morgan fingerprint density at radius 3 is 0.918 bits per heavy atom. The Balaban J connectivity index is 3.35. The first-order valence-electron chi connectivity index (χ1n) is 39.1. The van der Waals surface area contributed by atoms with Crippen LogP contribution < -0.4 is 5.32 Å². The molecule has 0 bridgehead atoms. The van der Waals surface area contributed by atoms with E-state index in [1.807, 2.05) is 0 Å². The normalized spacial score (nSPS) is 12.6. The number of carbonyl (C=O) groups is 2. The molecule has 0 radical (unpaired) electrons. The minimum atomic E-state index is -0.665. The summed E-state index contributed by atoms with van der Waals surface area (Å²) in [5.74, 6) is -0.0137. The topological polar surface area (TPSA) is 95.9 Å². The summed E-state index contributed by atoms with van der Waals surface area (Å²) in [7, 11) is 0. The molecule has 0 saturated carbocycles. The van der Waals surface area contributed by atoms with Crippen molar-refractivity contribution in [2.45, 2.75) is 456 Å². The van der Waals surface area contributed by atoms with Crippen molar-refractivity contribution in [2.75, 3.05) is 13.2 Å². The van der Waals surface area contributed by atoms with Gasteiger partial charge in [-0.25, -0.2) is 0 Å². The zero-order valence-electron chi connectivity index (χ0n) is 57.9. The average molecular weight is 1200 g/mol. The molecular weight excluding hydrogens is 1040 g/mol. The monoisotopic (exact) mass is 1200 g/mol. The van der Waals surface area contributed by atoms with Gasteiger partial charge < -0.3 is 20.3 Å². The molecule has 0 aromatic carbocycles. The molecule has 0 aromatic heterocycles. The lowest BCUT2D eigenvalue weighted by molar-refractivity contribution is -0.143. The van der Waals surface area contributed by atoms with Gasteiger partial charge in [0.15, 0.2) is 0 Å². The lowest BCUT2D eigenvalue weighted by Gasteiger charge is -2.22. The van der Waals surface area contributed by atoms with Gasteiger partial charge in [-0.3, -0.25) is 9.59 Å². The number of nitrogens with one attached hydrogen (secondary N) is 1. The molecule has 0 fully saturated rings. The summed E-state index contributed by atoms with van der Waals surface area (Å²) in [4.78, 5) is 24.7. The lowest BCUT2D eigenvalue weighted by atomic mass is 10.0. The van der Waals surface area contributed by atoms with Crippen LogP contribution in [-0.4, -0.2) is 47.4 Å². The maximum atomic E-state index is 12.6. The van der Waals surface area contributed by atoms with Gasteiger partial charge in [0, 0.05) is 12.8 Å². The van der Waals surface area contributed by atoms with Crippen LogP contribution in [0.2, 0.25) is 0 Å². The van der Waals surface area contributed by atoms with E-state index in [0.717, 1.165) is 51.4 Å². The fourth-order valence-corrected chi connectivity index (χ4v) is 12.6. The van der Waals surface area contributed by atoms with Gasteiger partial charge in [0.2, 0.25) is 5.91 Å². The molecule has 0 aromatic rings. The van der Waals surface area contributed by atoms with E-state index in [0.29, 0.717) is 25.9 Å². The Labute approximate surface area is 532 Å². The van der Waals surface area contributed by atoms with Gasteiger partial charge in [-0.1, -0.05) is 398 Å². The smallest absolute Gasteiger partial charge is 0.305 e. The zero-order valence-corrected chi connectivity index (χ0v) is 57.9. The number of carbonyl (C=O) groups excluding carboxylic acids is 2. The molecule has 1 amide bonds. The van der Waals surface area contributed by atoms with Crippen LogP contribution in [0.25, 0.3) is 0 Å². The second-order valence-electron chi connectivity index (χ2n) is 27.0. The van der Waals surface area contributed by atoms with Crippen LogP contribution >= 0.6 is 0 Å². The highest BCUT2D eigenvalue weighted by Gasteiger charge is 2.20. The van der Waals surface area contributed by atoms with Crippen molar-refractivity contribution in [3.63, 3.8) is 0 Å². The van der Waals surface area contributed by atoms with Crippen LogP contribution in [0.15, 0.2) is 24.3 Å². The quantitative estimate of drug-likeness (QED) is 0.0320. The van der Waals surface area contributed by atoms with Crippen molar-refractivity contribution in [3.05, 3.63) is 24.3 Å². The lowest BCUT2D eigenvalue weighted by Crippen LogP contribution is -2.45. The fourth-order valence-electron chi connectivity index (χ4n) is 12.6. The predicted octanol–water partition coefficient (Wildman–Crippen LogP) is 25.7. The average Bonchev–Trinajstić information content (AvgIpc) is 3.51. The number of unbranched alkanes of at least 4 members (excludes halogenated alkanes) is 59. The van der Waals surface area contributed by atoms with Crippen LogP contribution in [0.4, 0.5) is 0 Å². The molecule has 0 saturated heterocycles. The summed E-state index contributed by atoms with van der Waals surface area (Å²) >= 11 is 0. The minimum Gasteiger partial charge on any atom is -0.466 e. The van der Waals surface area contributed by atoms with E-state index in [-0.39, 0.29) is 18.5 Å². The molecule has 2 atom stereocenters. The van der Waals surface area contributed by atoms with Gasteiger partial charge in [-0.05, 0) is 57.8 Å². The Hall–Kier alpha value is -1.66. The zero-order chi connectivity index (χ0) is 61.3. The molecule has 3 N–H and O–H groups in total. The van der Waals surface area contributed by atoms with Gasteiger partial charge in [0.05, 0.1) is 25.4 Å². The first-order chi connectivity index (χ1) is 42.0. The maximum absolute atomic E-state index is 12.6. The van der Waals surface area contributed by atoms with Crippen molar-refractivity contribution >= 4 is 11.9 Å². The summed E-state index contributed by atoms with van der Waals surface area (Å²) in [5.41, 5.74) is 0. The third kappa shape index (κ3) is 71.3.